The van der Waals surface area contributed by atoms with Crippen LogP contribution in [0.4, 0.5) is 8.78 Å². The van der Waals surface area contributed by atoms with E-state index in [4.69, 9.17) is 5.11 Å². The van der Waals surface area contributed by atoms with Gasteiger partial charge in [0.15, 0.2) is 5.78 Å². The number of nitrogens with zero attached hydrogens (tertiary/aromatic N) is 2. The lowest BCUT2D eigenvalue weighted by Crippen LogP contribution is -2.17. The fourth-order valence-electron chi connectivity index (χ4n) is 2.65. The van der Waals surface area contributed by atoms with Crippen molar-refractivity contribution in [2.24, 2.45) is 0 Å². The Balaban J connectivity index is 1.85. The number of Topliss-reactive ketones (excluding diaryl/α,β-unsaturated/α-hetero) is 1. The molecule has 3 rings (SSSR count). The number of hydrogen-bond acceptors (Lipinski definition) is 4. The first-order valence-corrected chi connectivity index (χ1v) is 6.95. The van der Waals surface area contributed by atoms with Crippen molar-refractivity contribution in [2.45, 2.75) is 24.7 Å². The van der Waals surface area contributed by atoms with E-state index in [0.717, 1.165) is 0 Å². The molecule has 1 fully saturated rings. The molecule has 0 atom stereocenters. The number of ketones is 1. The summed E-state index contributed by atoms with van der Waals surface area (Å²) in [6.45, 7) is -0.604. The van der Waals surface area contributed by atoms with Gasteiger partial charge in [-0.15, -0.1) is 0 Å². The van der Waals surface area contributed by atoms with Crippen molar-refractivity contribution in [1.82, 2.24) is 9.97 Å². The summed E-state index contributed by atoms with van der Waals surface area (Å²) in [6, 6.07) is 3.85. The highest BCUT2D eigenvalue weighted by atomic mass is 19.1. The number of halogens is 2. The lowest BCUT2D eigenvalue weighted by atomic mass is 9.91. The topological polar surface area (TPSA) is 63.1 Å². The molecule has 1 heterocycles. The highest BCUT2D eigenvalue weighted by Crippen LogP contribution is 2.51. The Morgan fingerprint density at radius 2 is 1.77 bits per heavy atom. The molecule has 0 radical (unpaired) electrons. The van der Waals surface area contributed by atoms with E-state index < -0.39 is 29.4 Å². The SMILES string of the molecule is O=C(CO)c1cnc(CC2(c3c(F)cccc3F)CC2)nc1. The summed E-state index contributed by atoms with van der Waals surface area (Å²) in [5, 5.41) is 8.78. The van der Waals surface area contributed by atoms with Gasteiger partial charge in [-0.3, -0.25) is 4.79 Å². The van der Waals surface area contributed by atoms with Crippen LogP contribution in [0.5, 0.6) is 0 Å². The number of carbonyl (C=O) groups excluding carboxylic acids is 1. The van der Waals surface area contributed by atoms with Crippen molar-refractivity contribution in [3.63, 3.8) is 0 Å². The second kappa shape index (κ2) is 5.53. The van der Waals surface area contributed by atoms with Crippen LogP contribution >= 0.6 is 0 Å². The molecule has 0 amide bonds. The third-order valence-electron chi connectivity index (χ3n) is 4.01. The Labute approximate surface area is 125 Å². The molecule has 0 bridgehead atoms. The van der Waals surface area contributed by atoms with Crippen LogP contribution in [-0.4, -0.2) is 27.5 Å². The number of aliphatic hydroxyl groups is 1. The van der Waals surface area contributed by atoms with E-state index in [1.54, 1.807) is 0 Å². The minimum atomic E-state index is -0.604. The smallest absolute Gasteiger partial charge is 0.191 e. The molecule has 1 aromatic carbocycles. The van der Waals surface area contributed by atoms with E-state index in [1.165, 1.54) is 30.6 Å². The number of aromatic nitrogens is 2. The fourth-order valence-corrected chi connectivity index (χ4v) is 2.65. The largest absolute Gasteiger partial charge is 0.388 e. The molecule has 1 aromatic heterocycles. The zero-order chi connectivity index (χ0) is 15.7. The normalized spacial score (nSPS) is 15.6. The number of hydrogen-bond donors (Lipinski definition) is 1. The summed E-state index contributed by atoms with van der Waals surface area (Å²) >= 11 is 0. The molecule has 4 nitrogen and oxygen atoms in total. The fraction of sp³-hybridized carbons (Fsp3) is 0.312. The lowest BCUT2D eigenvalue weighted by molar-refractivity contribution is 0.0903. The first kappa shape index (κ1) is 14.7. The molecule has 0 spiro atoms. The molecule has 2 aromatic rings. The number of aliphatic hydroxyl groups excluding tert-OH is 1. The highest BCUT2D eigenvalue weighted by molar-refractivity contribution is 5.96. The Hall–Kier alpha value is -2.21. The number of carbonyl (C=O) groups is 1. The predicted molar refractivity (Wildman–Crippen MR) is 74.4 cm³/mol. The quantitative estimate of drug-likeness (QED) is 0.860. The van der Waals surface area contributed by atoms with Crippen LogP contribution in [0.1, 0.15) is 34.6 Å². The van der Waals surface area contributed by atoms with E-state index in [2.05, 4.69) is 9.97 Å². The first-order chi connectivity index (χ1) is 10.6. The van der Waals surface area contributed by atoms with Crippen LogP contribution in [0.15, 0.2) is 30.6 Å². The maximum atomic E-state index is 14.0. The molecule has 22 heavy (non-hydrogen) atoms. The first-order valence-electron chi connectivity index (χ1n) is 6.95. The number of benzene rings is 1. The summed E-state index contributed by atoms with van der Waals surface area (Å²) in [7, 11) is 0. The predicted octanol–water partition coefficient (Wildman–Crippen LogP) is 2.20. The Morgan fingerprint density at radius 3 is 2.27 bits per heavy atom. The zero-order valence-corrected chi connectivity index (χ0v) is 11.7. The average molecular weight is 304 g/mol. The molecule has 1 aliphatic carbocycles. The Bertz CT molecular complexity index is 692. The average Bonchev–Trinajstić information content (AvgIpc) is 3.27. The third kappa shape index (κ3) is 2.62. The van der Waals surface area contributed by atoms with Gasteiger partial charge in [-0.2, -0.15) is 0 Å². The van der Waals surface area contributed by atoms with E-state index in [-0.39, 0.29) is 11.1 Å². The van der Waals surface area contributed by atoms with Crippen molar-refractivity contribution in [3.8, 4) is 0 Å². The third-order valence-corrected chi connectivity index (χ3v) is 4.01. The Kier molecular flexibility index (Phi) is 3.70. The van der Waals surface area contributed by atoms with Crippen LogP contribution in [-0.2, 0) is 11.8 Å². The second-order valence-electron chi connectivity index (χ2n) is 5.52. The van der Waals surface area contributed by atoms with Crippen molar-refractivity contribution in [3.05, 3.63) is 59.2 Å². The van der Waals surface area contributed by atoms with Gasteiger partial charge in [-0.05, 0) is 25.0 Å². The monoisotopic (exact) mass is 304 g/mol. The van der Waals surface area contributed by atoms with Gasteiger partial charge in [0.2, 0.25) is 0 Å². The van der Waals surface area contributed by atoms with Crippen molar-refractivity contribution >= 4 is 5.78 Å². The summed E-state index contributed by atoms with van der Waals surface area (Å²) in [6.07, 6.45) is 4.32. The van der Waals surface area contributed by atoms with Crippen LogP contribution in [0.2, 0.25) is 0 Å². The maximum absolute atomic E-state index is 14.0. The zero-order valence-electron chi connectivity index (χ0n) is 11.7. The molecular formula is C16H14F2N2O2. The number of rotatable bonds is 5. The van der Waals surface area contributed by atoms with Gasteiger partial charge in [-0.1, -0.05) is 6.07 Å². The summed E-state index contributed by atoms with van der Waals surface area (Å²) in [5.41, 5.74) is -0.292. The van der Waals surface area contributed by atoms with Gasteiger partial charge in [0.05, 0.1) is 5.56 Å². The van der Waals surface area contributed by atoms with E-state index in [9.17, 15) is 13.6 Å². The standard InChI is InChI=1S/C16H14F2N2O2/c17-11-2-1-3-12(18)15(11)16(4-5-16)6-14-19-7-10(8-20-14)13(22)9-21/h1-3,7-8,21H,4-6,9H2. The van der Waals surface area contributed by atoms with Crippen molar-refractivity contribution in [2.75, 3.05) is 6.61 Å². The van der Waals surface area contributed by atoms with Gasteiger partial charge in [0.25, 0.3) is 0 Å². The molecule has 6 heteroatoms. The van der Waals surface area contributed by atoms with Gasteiger partial charge in [0.1, 0.15) is 24.1 Å². The van der Waals surface area contributed by atoms with Crippen molar-refractivity contribution < 1.29 is 18.7 Å². The van der Waals surface area contributed by atoms with E-state index in [0.29, 0.717) is 25.1 Å². The molecule has 114 valence electrons. The van der Waals surface area contributed by atoms with Crippen LogP contribution in [0.3, 0.4) is 0 Å². The highest BCUT2D eigenvalue weighted by Gasteiger charge is 2.48. The van der Waals surface area contributed by atoms with Crippen LogP contribution in [0, 0.1) is 11.6 Å². The summed E-state index contributed by atoms with van der Waals surface area (Å²) in [5.74, 6) is -1.14. The molecule has 0 aliphatic heterocycles. The molecule has 0 unspecified atom stereocenters. The lowest BCUT2D eigenvalue weighted by Gasteiger charge is -2.16. The van der Waals surface area contributed by atoms with E-state index >= 15 is 0 Å². The Morgan fingerprint density at radius 1 is 1.18 bits per heavy atom. The minimum Gasteiger partial charge on any atom is -0.388 e. The van der Waals surface area contributed by atoms with Gasteiger partial charge >= 0.3 is 0 Å². The van der Waals surface area contributed by atoms with Crippen LogP contribution < -0.4 is 0 Å². The molecule has 1 saturated carbocycles. The van der Waals surface area contributed by atoms with Gasteiger partial charge in [-0.25, -0.2) is 18.7 Å². The molecule has 1 N–H and O–H groups in total. The molecule has 0 saturated heterocycles. The van der Waals surface area contributed by atoms with E-state index in [1.807, 2.05) is 0 Å². The molecule has 1 aliphatic rings. The summed E-state index contributed by atoms with van der Waals surface area (Å²) in [4.78, 5) is 19.4. The summed E-state index contributed by atoms with van der Waals surface area (Å²) < 4.78 is 27.9. The van der Waals surface area contributed by atoms with Crippen molar-refractivity contribution in [1.29, 1.82) is 0 Å². The van der Waals surface area contributed by atoms with Gasteiger partial charge in [0, 0.05) is 29.8 Å². The minimum absolute atomic E-state index is 0.0918. The second-order valence-corrected chi connectivity index (χ2v) is 5.52. The molecular weight excluding hydrogens is 290 g/mol. The van der Waals surface area contributed by atoms with Gasteiger partial charge < -0.3 is 5.11 Å². The van der Waals surface area contributed by atoms with Crippen LogP contribution in [0.25, 0.3) is 0 Å². The maximum Gasteiger partial charge on any atom is 0.191 e.